The summed E-state index contributed by atoms with van der Waals surface area (Å²) in [5, 5.41) is 6.59. The lowest BCUT2D eigenvalue weighted by atomic mass is 9.67. The number of hydrogen-bond acceptors (Lipinski definition) is 4. The van der Waals surface area contributed by atoms with Gasteiger partial charge in [-0.15, -0.1) is 0 Å². The molecule has 5 aliphatic rings. The van der Waals surface area contributed by atoms with Crippen molar-refractivity contribution in [1.82, 2.24) is 20.4 Å². The molecule has 5 rings (SSSR count). The highest BCUT2D eigenvalue weighted by molar-refractivity contribution is 8.00. The minimum atomic E-state index is -0.0138. The van der Waals surface area contributed by atoms with Crippen molar-refractivity contribution in [2.45, 2.75) is 107 Å². The van der Waals surface area contributed by atoms with E-state index in [0.29, 0.717) is 35.6 Å². The van der Waals surface area contributed by atoms with Crippen LogP contribution in [0.25, 0.3) is 0 Å². The number of carbonyl (C=O) groups excluding carboxylic acids is 2. The van der Waals surface area contributed by atoms with Crippen LogP contribution in [0.15, 0.2) is 0 Å². The first-order chi connectivity index (χ1) is 16.4. The summed E-state index contributed by atoms with van der Waals surface area (Å²) < 4.78 is 0. The number of fused-ring (bicyclic) bond motifs is 3. The number of piperidine rings is 1. The molecule has 2 N–H and O–H groups in total. The second-order valence-electron chi connectivity index (χ2n) is 12.2. The Kier molecular flexibility index (Phi) is 7.69. The van der Waals surface area contributed by atoms with Crippen molar-refractivity contribution in [2.75, 3.05) is 26.4 Å². The molecule has 7 heteroatoms. The Bertz CT molecular complexity index is 742. The van der Waals surface area contributed by atoms with E-state index in [1.807, 2.05) is 11.8 Å². The van der Waals surface area contributed by atoms with E-state index in [1.54, 1.807) is 0 Å². The van der Waals surface area contributed by atoms with E-state index < -0.39 is 0 Å². The van der Waals surface area contributed by atoms with Gasteiger partial charge in [-0.2, -0.15) is 11.8 Å². The van der Waals surface area contributed by atoms with E-state index in [-0.39, 0.29) is 12.1 Å². The second-order valence-corrected chi connectivity index (χ2v) is 13.5. The first-order valence-corrected chi connectivity index (χ1v) is 15.1. The Hall–Kier alpha value is -0.950. The number of carbonyl (C=O) groups is 2. The zero-order chi connectivity index (χ0) is 23.8. The van der Waals surface area contributed by atoms with Crippen LogP contribution in [0.1, 0.15) is 77.6 Å². The molecular weight excluding hydrogens is 444 g/mol. The maximum Gasteiger partial charge on any atom is 0.315 e. The molecule has 2 bridgehead atoms. The molecule has 5 fully saturated rings. The van der Waals surface area contributed by atoms with Gasteiger partial charge in [-0.05, 0) is 75.7 Å². The standard InChI is InChI=1S/C27H46N4O2S/c1-17-8-10-18(11-9-17)20-14-19-12-13-23(31(19)3)21(20)15-30(2)25(32)7-5-4-6-24-26-22(16-34-24)28-27(33)29-26/h17-24,26H,4-16H2,1-3H3,(H2,28,29,33)/t17?,18?,19-,20-,21?,22?,23?,24?,26?/m1/s1. The van der Waals surface area contributed by atoms with Gasteiger partial charge in [0, 0.05) is 43.1 Å². The summed E-state index contributed by atoms with van der Waals surface area (Å²) in [4.78, 5) is 29.4. The number of nitrogens with one attached hydrogen (secondary N) is 2. The summed E-state index contributed by atoms with van der Waals surface area (Å²) in [5.41, 5.74) is 0. The van der Waals surface area contributed by atoms with Crippen LogP contribution in [0, 0.1) is 23.7 Å². The van der Waals surface area contributed by atoms with Gasteiger partial charge in [-0.3, -0.25) is 4.79 Å². The molecule has 6 nitrogen and oxygen atoms in total. The van der Waals surface area contributed by atoms with Gasteiger partial charge in [0.05, 0.1) is 12.1 Å². The molecule has 1 saturated carbocycles. The number of urea groups is 1. The largest absolute Gasteiger partial charge is 0.345 e. The molecule has 0 spiro atoms. The smallest absolute Gasteiger partial charge is 0.315 e. The molecular formula is C27H46N4O2S. The zero-order valence-electron chi connectivity index (χ0n) is 21.5. The van der Waals surface area contributed by atoms with Crippen LogP contribution in [0.4, 0.5) is 4.79 Å². The second kappa shape index (κ2) is 10.6. The zero-order valence-corrected chi connectivity index (χ0v) is 22.3. The Morgan fingerprint density at radius 3 is 2.71 bits per heavy atom. The fourth-order valence-corrected chi connectivity index (χ4v) is 9.55. The quantitative estimate of drug-likeness (QED) is 0.397. The van der Waals surface area contributed by atoms with Gasteiger partial charge in [0.25, 0.3) is 0 Å². The molecule has 4 saturated heterocycles. The van der Waals surface area contributed by atoms with Crippen molar-refractivity contribution in [1.29, 1.82) is 0 Å². The molecule has 4 aliphatic heterocycles. The minimum absolute atomic E-state index is 0.0138. The van der Waals surface area contributed by atoms with Gasteiger partial charge in [-0.25, -0.2) is 4.79 Å². The number of rotatable bonds is 8. The summed E-state index contributed by atoms with van der Waals surface area (Å²) in [6.07, 6.45) is 13.4. The van der Waals surface area contributed by atoms with E-state index in [2.05, 4.69) is 41.5 Å². The molecule has 34 heavy (non-hydrogen) atoms. The van der Waals surface area contributed by atoms with Crippen LogP contribution in [-0.2, 0) is 4.79 Å². The lowest BCUT2D eigenvalue weighted by Gasteiger charge is -2.48. The van der Waals surface area contributed by atoms with E-state index >= 15 is 0 Å². The van der Waals surface area contributed by atoms with Crippen LogP contribution in [0.2, 0.25) is 0 Å². The maximum absolute atomic E-state index is 13.1. The molecule has 4 heterocycles. The Morgan fingerprint density at radius 1 is 1.12 bits per heavy atom. The molecule has 1 aliphatic carbocycles. The lowest BCUT2D eigenvalue weighted by Crippen LogP contribution is -2.52. The molecule has 0 aromatic heterocycles. The Balaban J connectivity index is 1.10. The Morgan fingerprint density at radius 2 is 1.91 bits per heavy atom. The van der Waals surface area contributed by atoms with Gasteiger partial charge >= 0.3 is 6.03 Å². The summed E-state index contributed by atoms with van der Waals surface area (Å²) in [6, 6.07) is 1.99. The number of hydrogen-bond donors (Lipinski definition) is 2. The summed E-state index contributed by atoms with van der Waals surface area (Å²) in [5.74, 6) is 4.55. The highest BCUT2D eigenvalue weighted by Gasteiger charge is 2.48. The van der Waals surface area contributed by atoms with Crippen molar-refractivity contribution in [3.63, 3.8) is 0 Å². The van der Waals surface area contributed by atoms with Gasteiger partial charge < -0.3 is 20.4 Å². The molecule has 7 atom stereocenters. The molecule has 0 aromatic rings. The number of thioether (sulfide) groups is 1. The first kappa shape index (κ1) is 24.7. The van der Waals surface area contributed by atoms with E-state index in [1.165, 1.54) is 44.9 Å². The van der Waals surface area contributed by atoms with Crippen molar-refractivity contribution < 1.29 is 9.59 Å². The molecule has 5 unspecified atom stereocenters. The topological polar surface area (TPSA) is 64.7 Å². The molecule has 192 valence electrons. The summed E-state index contributed by atoms with van der Waals surface area (Å²) >= 11 is 1.97. The minimum Gasteiger partial charge on any atom is -0.345 e. The summed E-state index contributed by atoms with van der Waals surface area (Å²) in [7, 11) is 4.39. The highest BCUT2D eigenvalue weighted by Crippen LogP contribution is 2.48. The van der Waals surface area contributed by atoms with E-state index in [9.17, 15) is 9.59 Å². The van der Waals surface area contributed by atoms with Crippen molar-refractivity contribution in [3.8, 4) is 0 Å². The maximum atomic E-state index is 13.1. The Labute approximate surface area is 210 Å². The molecule has 0 radical (unpaired) electrons. The fourth-order valence-electron chi connectivity index (χ4n) is 8.00. The van der Waals surface area contributed by atoms with Crippen molar-refractivity contribution in [3.05, 3.63) is 0 Å². The van der Waals surface area contributed by atoms with Crippen molar-refractivity contribution >= 4 is 23.7 Å². The van der Waals surface area contributed by atoms with Gasteiger partial charge in [0.2, 0.25) is 5.91 Å². The van der Waals surface area contributed by atoms with Crippen molar-refractivity contribution in [2.24, 2.45) is 23.7 Å². The number of amides is 3. The average Bonchev–Trinajstić information content (AvgIpc) is 3.44. The van der Waals surface area contributed by atoms with Crippen LogP contribution < -0.4 is 10.6 Å². The van der Waals surface area contributed by atoms with Gasteiger partial charge in [-0.1, -0.05) is 26.2 Å². The monoisotopic (exact) mass is 490 g/mol. The third-order valence-electron chi connectivity index (χ3n) is 10.1. The lowest BCUT2D eigenvalue weighted by molar-refractivity contribution is -0.131. The van der Waals surface area contributed by atoms with Crippen LogP contribution in [0.5, 0.6) is 0 Å². The van der Waals surface area contributed by atoms with Crippen LogP contribution in [-0.4, -0.2) is 77.5 Å². The predicted octanol–water partition coefficient (Wildman–Crippen LogP) is 4.10. The molecule has 0 aromatic carbocycles. The molecule has 3 amide bonds. The van der Waals surface area contributed by atoms with Crippen LogP contribution >= 0.6 is 11.8 Å². The number of unbranched alkanes of at least 4 members (excludes halogenated alkanes) is 1. The van der Waals surface area contributed by atoms with Gasteiger partial charge in [0.15, 0.2) is 0 Å². The fraction of sp³-hybridized carbons (Fsp3) is 0.926. The summed E-state index contributed by atoms with van der Waals surface area (Å²) in [6.45, 7) is 3.36. The van der Waals surface area contributed by atoms with Crippen LogP contribution in [0.3, 0.4) is 0 Å². The van der Waals surface area contributed by atoms with Gasteiger partial charge in [0.1, 0.15) is 0 Å². The van der Waals surface area contributed by atoms with E-state index in [0.717, 1.165) is 55.4 Å². The SMILES string of the molecule is CC1CCC([C@H]2C[C@H]3CCC(C2CN(C)C(=O)CCCCC2SCC4NC(=O)NC42)N3C)CC1. The first-order valence-electron chi connectivity index (χ1n) is 14.0. The normalized spacial score (nSPS) is 41.7. The third-order valence-corrected chi connectivity index (χ3v) is 11.6. The predicted molar refractivity (Wildman–Crippen MR) is 139 cm³/mol. The average molecular weight is 491 g/mol. The van der Waals surface area contributed by atoms with E-state index in [4.69, 9.17) is 0 Å². The highest BCUT2D eigenvalue weighted by atomic mass is 32.2. The number of nitrogens with zero attached hydrogens (tertiary/aromatic N) is 2. The third kappa shape index (κ3) is 5.11.